The lowest BCUT2D eigenvalue weighted by Crippen LogP contribution is -2.24. The second-order valence-corrected chi connectivity index (χ2v) is 11.3. The highest BCUT2D eigenvalue weighted by atomic mass is 35.5. The Kier molecular flexibility index (Phi) is 6.13. The lowest BCUT2D eigenvalue weighted by atomic mass is 10.0. The van der Waals surface area contributed by atoms with E-state index in [4.69, 9.17) is 16.7 Å². The molecule has 5 aromatic rings. The smallest absolute Gasteiger partial charge is 0.323 e. The van der Waals surface area contributed by atoms with E-state index in [1.165, 1.54) is 16.8 Å². The van der Waals surface area contributed by atoms with Crippen molar-refractivity contribution in [1.29, 1.82) is 0 Å². The summed E-state index contributed by atoms with van der Waals surface area (Å²) in [6, 6.07) is 18.7. The number of aliphatic carboxylic acids is 1. The maximum Gasteiger partial charge on any atom is 0.323 e. The number of carboxylic acid groups (broad SMARTS) is 1. The molecule has 8 nitrogen and oxygen atoms in total. The quantitative estimate of drug-likeness (QED) is 0.342. The van der Waals surface area contributed by atoms with Gasteiger partial charge in [0.05, 0.1) is 16.8 Å². The average Bonchev–Trinajstić information content (AvgIpc) is 3.10. The van der Waals surface area contributed by atoms with Crippen LogP contribution in [0.5, 0.6) is 0 Å². The molecule has 0 aliphatic rings. The van der Waals surface area contributed by atoms with E-state index in [1.807, 2.05) is 19.1 Å². The van der Waals surface area contributed by atoms with E-state index >= 15 is 0 Å². The van der Waals surface area contributed by atoms with Crippen LogP contribution in [0.1, 0.15) is 11.3 Å². The highest BCUT2D eigenvalue weighted by molar-refractivity contribution is 7.90. The molecule has 5 rings (SSSR count). The number of rotatable bonds is 6. The van der Waals surface area contributed by atoms with Crippen LogP contribution in [0.4, 0.5) is 0 Å². The Morgan fingerprint density at radius 1 is 1.00 bits per heavy atom. The van der Waals surface area contributed by atoms with Crippen LogP contribution < -0.4 is 5.56 Å². The molecule has 3 aromatic carbocycles. The van der Waals surface area contributed by atoms with Crippen LogP contribution in [0.2, 0.25) is 5.02 Å². The maximum absolute atomic E-state index is 13.4. The molecule has 0 aliphatic heterocycles. The first-order valence-electron chi connectivity index (χ1n) is 11.3. The van der Waals surface area contributed by atoms with Gasteiger partial charge < -0.3 is 9.67 Å². The van der Waals surface area contributed by atoms with Crippen LogP contribution in [0, 0.1) is 6.92 Å². The van der Waals surface area contributed by atoms with Crippen LogP contribution in [0.15, 0.2) is 76.4 Å². The topological polar surface area (TPSA) is 111 Å². The Bertz CT molecular complexity index is 1870. The molecule has 0 aliphatic carbocycles. The summed E-state index contributed by atoms with van der Waals surface area (Å²) in [5, 5.41) is 16.6. The predicted molar refractivity (Wildman–Crippen MR) is 143 cm³/mol. The summed E-state index contributed by atoms with van der Waals surface area (Å²) < 4.78 is 26.7. The van der Waals surface area contributed by atoms with Crippen molar-refractivity contribution in [1.82, 2.24) is 14.3 Å². The van der Waals surface area contributed by atoms with E-state index < -0.39 is 15.8 Å². The van der Waals surface area contributed by atoms with Gasteiger partial charge >= 0.3 is 5.97 Å². The third kappa shape index (κ3) is 4.52. The normalized spacial score (nSPS) is 11.9. The van der Waals surface area contributed by atoms with Crippen molar-refractivity contribution in [3.05, 3.63) is 93.4 Å². The van der Waals surface area contributed by atoms with Gasteiger partial charge in [-0.1, -0.05) is 41.9 Å². The van der Waals surface area contributed by atoms with E-state index in [-0.39, 0.29) is 23.5 Å². The van der Waals surface area contributed by atoms with E-state index in [9.17, 15) is 23.1 Å². The molecule has 0 atom stereocenters. The highest BCUT2D eigenvalue weighted by Crippen LogP contribution is 2.37. The van der Waals surface area contributed by atoms with Crippen molar-refractivity contribution >= 4 is 49.1 Å². The lowest BCUT2D eigenvalue weighted by molar-refractivity contribution is -0.137. The Labute approximate surface area is 217 Å². The van der Waals surface area contributed by atoms with Gasteiger partial charge in [-0.15, -0.1) is 0 Å². The molecule has 37 heavy (non-hydrogen) atoms. The molecule has 2 aromatic heterocycles. The number of aromatic nitrogens is 3. The van der Waals surface area contributed by atoms with Crippen molar-refractivity contribution in [3.63, 3.8) is 0 Å². The fraction of sp³-hybridized carbons (Fsp3) is 0.148. The van der Waals surface area contributed by atoms with Gasteiger partial charge in [-0.3, -0.25) is 9.59 Å². The summed E-state index contributed by atoms with van der Waals surface area (Å²) >= 11 is 6.33. The Morgan fingerprint density at radius 3 is 2.32 bits per heavy atom. The Hall–Kier alpha value is -3.95. The number of benzene rings is 3. The zero-order chi connectivity index (χ0) is 26.5. The van der Waals surface area contributed by atoms with Gasteiger partial charge in [0.25, 0.3) is 5.56 Å². The molecular weight excluding hydrogens is 514 g/mol. The standard InChI is InChI=1S/C27H22ClN3O5S/c1-16-25(22-13-18(28)9-12-23(22)30(16)15-24(32)33)26-20-5-3-4-6-21(20)27(34)31(29-26)14-17-7-10-19(11-8-17)37(2,35)36/h3-13H,14-15H2,1-2H3,(H,32,33). The summed E-state index contributed by atoms with van der Waals surface area (Å²) in [4.78, 5) is 25.2. The molecule has 0 amide bonds. The first-order valence-corrected chi connectivity index (χ1v) is 13.6. The maximum atomic E-state index is 13.4. The number of sulfone groups is 1. The van der Waals surface area contributed by atoms with Crippen LogP contribution in [0.3, 0.4) is 0 Å². The third-order valence-electron chi connectivity index (χ3n) is 6.37. The highest BCUT2D eigenvalue weighted by Gasteiger charge is 2.22. The third-order valence-corrected chi connectivity index (χ3v) is 7.73. The molecule has 0 unspecified atom stereocenters. The van der Waals surface area contributed by atoms with E-state index in [0.717, 1.165) is 11.6 Å². The summed E-state index contributed by atoms with van der Waals surface area (Å²) in [7, 11) is -3.35. The van der Waals surface area contributed by atoms with Crippen molar-refractivity contribution in [2.24, 2.45) is 0 Å². The molecule has 0 saturated carbocycles. The number of carbonyl (C=O) groups is 1. The number of hydrogen-bond donors (Lipinski definition) is 1. The zero-order valence-electron chi connectivity index (χ0n) is 20.0. The summed E-state index contributed by atoms with van der Waals surface area (Å²) in [6.07, 6.45) is 1.14. The minimum Gasteiger partial charge on any atom is -0.480 e. The van der Waals surface area contributed by atoms with Crippen molar-refractivity contribution in [3.8, 4) is 11.3 Å². The Morgan fingerprint density at radius 2 is 1.68 bits per heavy atom. The van der Waals surface area contributed by atoms with E-state index in [1.54, 1.807) is 47.0 Å². The average molecular weight is 536 g/mol. The number of hydrogen-bond acceptors (Lipinski definition) is 5. The number of carboxylic acids is 1. The van der Waals surface area contributed by atoms with Gasteiger partial charge in [-0.2, -0.15) is 5.10 Å². The minimum atomic E-state index is -3.35. The predicted octanol–water partition coefficient (Wildman–Crippen LogP) is 4.52. The molecule has 0 fully saturated rings. The van der Waals surface area contributed by atoms with Crippen LogP contribution >= 0.6 is 11.6 Å². The van der Waals surface area contributed by atoms with Gasteiger partial charge in [0, 0.05) is 38.8 Å². The largest absolute Gasteiger partial charge is 0.480 e. The van der Waals surface area contributed by atoms with Crippen molar-refractivity contribution in [2.75, 3.05) is 6.26 Å². The first-order chi connectivity index (χ1) is 17.5. The number of fused-ring (bicyclic) bond motifs is 2. The van der Waals surface area contributed by atoms with Crippen molar-refractivity contribution < 1.29 is 18.3 Å². The van der Waals surface area contributed by atoms with Gasteiger partial charge in [-0.25, -0.2) is 13.1 Å². The SMILES string of the molecule is Cc1c(-c2nn(Cc3ccc(S(C)(=O)=O)cc3)c(=O)c3ccccc23)c2cc(Cl)ccc2n1CC(=O)O. The van der Waals surface area contributed by atoms with E-state index in [0.29, 0.717) is 43.8 Å². The van der Waals surface area contributed by atoms with Gasteiger partial charge in [0.2, 0.25) is 0 Å². The molecule has 10 heteroatoms. The molecule has 0 radical (unpaired) electrons. The van der Waals surface area contributed by atoms with Gasteiger partial charge in [0.1, 0.15) is 12.2 Å². The molecule has 0 saturated heterocycles. The Balaban J connectivity index is 1.76. The molecule has 0 bridgehead atoms. The fourth-order valence-corrected chi connectivity index (χ4v) is 5.44. The monoisotopic (exact) mass is 535 g/mol. The summed E-state index contributed by atoms with van der Waals surface area (Å²) in [5.41, 5.74) is 3.00. The molecule has 0 spiro atoms. The van der Waals surface area contributed by atoms with Crippen LogP contribution in [-0.2, 0) is 27.7 Å². The van der Waals surface area contributed by atoms with E-state index in [2.05, 4.69) is 0 Å². The number of halogens is 1. The lowest BCUT2D eigenvalue weighted by Gasteiger charge is -2.12. The van der Waals surface area contributed by atoms with Crippen LogP contribution in [-0.4, -0.2) is 40.1 Å². The van der Waals surface area contributed by atoms with Crippen molar-refractivity contribution in [2.45, 2.75) is 24.9 Å². The minimum absolute atomic E-state index is 0.119. The van der Waals surface area contributed by atoms with Gasteiger partial charge in [0.15, 0.2) is 9.84 Å². The van der Waals surface area contributed by atoms with Crippen LogP contribution in [0.25, 0.3) is 32.9 Å². The molecule has 2 heterocycles. The first kappa shape index (κ1) is 24.7. The molecule has 188 valence electrons. The summed E-state index contributed by atoms with van der Waals surface area (Å²) in [6.45, 7) is 1.70. The number of nitrogens with zero attached hydrogens (tertiary/aromatic N) is 3. The molecular formula is C27H22ClN3O5S. The summed E-state index contributed by atoms with van der Waals surface area (Å²) in [5.74, 6) is -0.984. The second-order valence-electron chi connectivity index (χ2n) is 8.87. The fourth-order valence-electron chi connectivity index (χ4n) is 4.63. The zero-order valence-corrected chi connectivity index (χ0v) is 21.5. The molecule has 1 N–H and O–H groups in total. The second kappa shape index (κ2) is 9.17. The van der Waals surface area contributed by atoms with Gasteiger partial charge in [-0.05, 0) is 48.9 Å².